The molecule has 1 aliphatic heterocycles. The van der Waals surface area contributed by atoms with E-state index in [1.807, 2.05) is 41.8 Å². The number of rotatable bonds is 6. The molecular weight excluding hydrogens is 416 g/mol. The van der Waals surface area contributed by atoms with E-state index in [-0.39, 0.29) is 5.56 Å². The van der Waals surface area contributed by atoms with Gasteiger partial charge >= 0.3 is 0 Å². The topological polar surface area (TPSA) is 52.2 Å². The molecule has 1 saturated heterocycles. The highest BCUT2D eigenvalue weighted by Crippen LogP contribution is 2.30. The van der Waals surface area contributed by atoms with Gasteiger partial charge in [-0.05, 0) is 11.1 Å². The Morgan fingerprint density at radius 3 is 2.38 bits per heavy atom. The van der Waals surface area contributed by atoms with Crippen molar-refractivity contribution >= 4 is 27.6 Å². The number of aromatic amines is 1. The van der Waals surface area contributed by atoms with Gasteiger partial charge in [-0.3, -0.25) is 14.6 Å². The Bertz CT molecular complexity index is 1260. The Morgan fingerprint density at radius 2 is 1.62 bits per heavy atom. The fourth-order valence-corrected chi connectivity index (χ4v) is 5.11. The predicted molar refractivity (Wildman–Crippen MR) is 133 cm³/mol. The Hall–Kier alpha value is -3.06. The molecule has 3 heterocycles. The van der Waals surface area contributed by atoms with Crippen LogP contribution in [0.2, 0.25) is 0 Å². The van der Waals surface area contributed by atoms with E-state index in [4.69, 9.17) is 4.98 Å². The molecule has 5 rings (SSSR count). The molecule has 1 N–H and O–H groups in total. The van der Waals surface area contributed by atoms with Crippen LogP contribution in [-0.4, -0.2) is 52.5 Å². The SMILES string of the molecule is O=c1[nH]c(CN2CCN(CC=Cc3ccccc3)CC2)nc2scc(-c3ccccc3)c12. The Balaban J connectivity index is 1.20. The maximum absolute atomic E-state index is 12.9. The highest BCUT2D eigenvalue weighted by Gasteiger charge is 2.18. The summed E-state index contributed by atoms with van der Waals surface area (Å²) in [6.45, 7) is 5.62. The van der Waals surface area contributed by atoms with Gasteiger partial charge in [0, 0.05) is 43.7 Å². The van der Waals surface area contributed by atoms with Crippen molar-refractivity contribution in [3.8, 4) is 11.1 Å². The smallest absolute Gasteiger partial charge is 0.260 e. The molecule has 2 aromatic carbocycles. The number of benzene rings is 2. The minimum atomic E-state index is -0.0465. The summed E-state index contributed by atoms with van der Waals surface area (Å²) < 4.78 is 0. The van der Waals surface area contributed by atoms with Gasteiger partial charge in [-0.25, -0.2) is 4.98 Å². The zero-order valence-electron chi connectivity index (χ0n) is 17.9. The van der Waals surface area contributed by atoms with Gasteiger partial charge in [0.1, 0.15) is 10.7 Å². The largest absolute Gasteiger partial charge is 0.309 e. The van der Waals surface area contributed by atoms with Crippen LogP contribution in [0.5, 0.6) is 0 Å². The maximum Gasteiger partial charge on any atom is 0.260 e. The van der Waals surface area contributed by atoms with Crippen LogP contribution in [0.25, 0.3) is 27.4 Å². The number of thiophene rings is 1. The fraction of sp³-hybridized carbons (Fsp3) is 0.231. The molecule has 0 radical (unpaired) electrons. The van der Waals surface area contributed by atoms with Crippen LogP contribution in [0.1, 0.15) is 11.4 Å². The summed E-state index contributed by atoms with van der Waals surface area (Å²) >= 11 is 1.54. The van der Waals surface area contributed by atoms with Gasteiger partial charge in [-0.15, -0.1) is 11.3 Å². The standard InChI is InChI=1S/C26H26N4OS/c31-25-24-22(21-11-5-2-6-12-21)19-32-26(24)28-23(27-25)18-30-16-14-29(15-17-30)13-7-10-20-8-3-1-4-9-20/h1-12,19H,13-18H2,(H,27,28,31). The normalized spacial score (nSPS) is 15.6. The van der Waals surface area contributed by atoms with Crippen molar-refractivity contribution in [3.63, 3.8) is 0 Å². The second-order valence-electron chi connectivity index (χ2n) is 8.10. The number of piperazine rings is 1. The van der Waals surface area contributed by atoms with E-state index in [1.54, 1.807) is 11.3 Å². The number of nitrogens with one attached hydrogen (secondary N) is 1. The van der Waals surface area contributed by atoms with E-state index in [1.165, 1.54) is 5.56 Å². The van der Waals surface area contributed by atoms with Crippen LogP contribution in [0.3, 0.4) is 0 Å². The molecule has 162 valence electrons. The lowest BCUT2D eigenvalue weighted by atomic mass is 10.1. The molecule has 0 aliphatic carbocycles. The van der Waals surface area contributed by atoms with Crippen LogP contribution >= 0.6 is 11.3 Å². The highest BCUT2D eigenvalue weighted by molar-refractivity contribution is 7.17. The molecule has 0 spiro atoms. The predicted octanol–water partition coefficient (Wildman–Crippen LogP) is 4.48. The summed E-state index contributed by atoms with van der Waals surface area (Å²) in [5, 5.41) is 2.73. The molecule has 0 saturated carbocycles. The summed E-state index contributed by atoms with van der Waals surface area (Å²) in [5.74, 6) is 0.751. The average Bonchev–Trinajstić information content (AvgIpc) is 3.26. The summed E-state index contributed by atoms with van der Waals surface area (Å²) in [4.78, 5) is 26.3. The number of hydrogen-bond donors (Lipinski definition) is 1. The third kappa shape index (κ3) is 4.72. The van der Waals surface area contributed by atoms with Crippen molar-refractivity contribution in [2.24, 2.45) is 0 Å². The van der Waals surface area contributed by atoms with E-state index >= 15 is 0 Å². The van der Waals surface area contributed by atoms with Gasteiger partial charge in [-0.1, -0.05) is 72.8 Å². The number of aromatic nitrogens is 2. The summed E-state index contributed by atoms with van der Waals surface area (Å²) in [7, 11) is 0. The zero-order chi connectivity index (χ0) is 21.8. The van der Waals surface area contributed by atoms with Crippen LogP contribution in [-0.2, 0) is 6.54 Å². The lowest BCUT2D eigenvalue weighted by molar-refractivity contribution is 0.134. The lowest BCUT2D eigenvalue weighted by Gasteiger charge is -2.33. The summed E-state index contributed by atoms with van der Waals surface area (Å²) in [5.41, 5.74) is 3.20. The van der Waals surface area contributed by atoms with Crippen molar-refractivity contribution in [1.82, 2.24) is 19.8 Å². The number of H-pyrrole nitrogens is 1. The number of fused-ring (bicyclic) bond motifs is 1. The molecule has 6 heteroatoms. The van der Waals surface area contributed by atoms with E-state index in [2.05, 4.69) is 51.2 Å². The first-order valence-corrected chi connectivity index (χ1v) is 11.9. The second kappa shape index (κ2) is 9.61. The first-order chi connectivity index (χ1) is 15.8. The molecule has 0 unspecified atom stereocenters. The van der Waals surface area contributed by atoms with Crippen LogP contribution < -0.4 is 5.56 Å². The summed E-state index contributed by atoms with van der Waals surface area (Å²) in [6, 6.07) is 20.4. The highest BCUT2D eigenvalue weighted by atomic mass is 32.1. The Kier molecular flexibility index (Phi) is 6.25. The Morgan fingerprint density at radius 1 is 0.938 bits per heavy atom. The van der Waals surface area contributed by atoms with Crippen molar-refractivity contribution < 1.29 is 0 Å². The van der Waals surface area contributed by atoms with Crippen LogP contribution in [0, 0.1) is 0 Å². The monoisotopic (exact) mass is 442 g/mol. The van der Waals surface area contributed by atoms with Crippen molar-refractivity contribution in [2.45, 2.75) is 6.54 Å². The molecule has 4 aromatic rings. The average molecular weight is 443 g/mol. The van der Waals surface area contributed by atoms with Gasteiger partial charge in [0.2, 0.25) is 0 Å². The quantitative estimate of drug-likeness (QED) is 0.478. The van der Waals surface area contributed by atoms with E-state index in [0.29, 0.717) is 11.9 Å². The minimum Gasteiger partial charge on any atom is -0.309 e. The molecular formula is C26H26N4OS. The molecule has 0 atom stereocenters. The van der Waals surface area contributed by atoms with Gasteiger partial charge < -0.3 is 4.98 Å². The van der Waals surface area contributed by atoms with Crippen molar-refractivity contribution in [1.29, 1.82) is 0 Å². The molecule has 32 heavy (non-hydrogen) atoms. The zero-order valence-corrected chi connectivity index (χ0v) is 18.7. The minimum absolute atomic E-state index is 0.0465. The van der Waals surface area contributed by atoms with E-state index in [0.717, 1.165) is 54.5 Å². The first-order valence-electron chi connectivity index (χ1n) is 11.0. The molecule has 0 amide bonds. The number of nitrogens with zero attached hydrogens (tertiary/aromatic N) is 3. The van der Waals surface area contributed by atoms with Crippen molar-refractivity contribution in [3.05, 3.63) is 93.9 Å². The maximum atomic E-state index is 12.9. The third-order valence-electron chi connectivity index (χ3n) is 5.89. The van der Waals surface area contributed by atoms with E-state index < -0.39 is 0 Å². The van der Waals surface area contributed by atoms with Gasteiger partial charge in [0.15, 0.2) is 0 Å². The van der Waals surface area contributed by atoms with E-state index in [9.17, 15) is 4.79 Å². The van der Waals surface area contributed by atoms with Gasteiger partial charge in [-0.2, -0.15) is 0 Å². The van der Waals surface area contributed by atoms with Crippen molar-refractivity contribution in [2.75, 3.05) is 32.7 Å². The van der Waals surface area contributed by atoms with Crippen LogP contribution in [0.15, 0.2) is 76.9 Å². The summed E-state index contributed by atoms with van der Waals surface area (Å²) in [6.07, 6.45) is 4.42. The van der Waals surface area contributed by atoms with Gasteiger partial charge in [0.05, 0.1) is 11.9 Å². The molecule has 1 aliphatic rings. The third-order valence-corrected chi connectivity index (χ3v) is 6.76. The molecule has 2 aromatic heterocycles. The second-order valence-corrected chi connectivity index (χ2v) is 8.96. The Labute approximate surface area is 191 Å². The van der Waals surface area contributed by atoms with Crippen LogP contribution in [0.4, 0.5) is 0 Å². The number of hydrogen-bond acceptors (Lipinski definition) is 5. The lowest BCUT2D eigenvalue weighted by Crippen LogP contribution is -2.46. The molecule has 0 bridgehead atoms. The fourth-order valence-electron chi connectivity index (χ4n) is 4.14. The van der Waals surface area contributed by atoms with Gasteiger partial charge in [0.25, 0.3) is 5.56 Å². The molecule has 1 fully saturated rings. The first kappa shape index (κ1) is 20.8. The molecule has 5 nitrogen and oxygen atoms in total.